The fourth-order valence-electron chi connectivity index (χ4n) is 1.98. The number of fused-ring (bicyclic) bond motifs is 1. The van der Waals surface area contributed by atoms with Crippen LogP contribution in [0.25, 0.3) is 10.1 Å². The fourth-order valence-corrected chi connectivity index (χ4v) is 2.76. The molecule has 4 heteroatoms. The van der Waals surface area contributed by atoms with Gasteiger partial charge in [0.05, 0.1) is 0 Å². The second kappa shape index (κ2) is 3.79. The van der Waals surface area contributed by atoms with Crippen LogP contribution in [0.15, 0.2) is 23.7 Å². The molecule has 1 atom stereocenters. The zero-order valence-electron chi connectivity index (χ0n) is 8.36. The summed E-state index contributed by atoms with van der Waals surface area (Å²) in [6.07, 6.45) is 3.06. The van der Waals surface area contributed by atoms with Crippen molar-refractivity contribution in [1.82, 2.24) is 10.3 Å². The van der Waals surface area contributed by atoms with E-state index in [4.69, 9.17) is 0 Å². The van der Waals surface area contributed by atoms with Crippen LogP contribution in [0.3, 0.4) is 0 Å². The maximum Gasteiger partial charge on any atom is 0.134 e. The van der Waals surface area contributed by atoms with Crippen LogP contribution in [0.1, 0.15) is 6.42 Å². The predicted molar refractivity (Wildman–Crippen MR) is 64.5 cm³/mol. The van der Waals surface area contributed by atoms with E-state index in [0.29, 0.717) is 6.04 Å². The Morgan fingerprint density at radius 2 is 2.47 bits per heavy atom. The molecule has 0 amide bonds. The normalized spacial score (nSPS) is 20.9. The molecule has 1 saturated heterocycles. The third-order valence-corrected chi connectivity index (χ3v) is 3.66. The third kappa shape index (κ3) is 1.70. The molecule has 0 unspecified atom stereocenters. The summed E-state index contributed by atoms with van der Waals surface area (Å²) in [6, 6.07) is 4.73. The van der Waals surface area contributed by atoms with Crippen LogP contribution in [0.2, 0.25) is 0 Å². The lowest BCUT2D eigenvalue weighted by Gasteiger charge is -2.12. The molecular weight excluding hydrogens is 206 g/mol. The maximum absolute atomic E-state index is 4.41. The molecule has 15 heavy (non-hydrogen) atoms. The maximum atomic E-state index is 4.41. The molecule has 3 nitrogen and oxygen atoms in total. The Morgan fingerprint density at radius 1 is 1.47 bits per heavy atom. The van der Waals surface area contributed by atoms with E-state index in [1.54, 1.807) is 11.3 Å². The van der Waals surface area contributed by atoms with Crippen molar-refractivity contribution in [3.63, 3.8) is 0 Å². The highest BCUT2D eigenvalue weighted by molar-refractivity contribution is 7.17. The molecule has 1 fully saturated rings. The summed E-state index contributed by atoms with van der Waals surface area (Å²) in [7, 11) is 0. The number of hydrogen-bond donors (Lipinski definition) is 2. The van der Waals surface area contributed by atoms with Gasteiger partial charge in [-0.05, 0) is 30.5 Å². The van der Waals surface area contributed by atoms with Crippen LogP contribution in [-0.4, -0.2) is 24.1 Å². The minimum absolute atomic E-state index is 0.531. The van der Waals surface area contributed by atoms with Gasteiger partial charge in [-0.3, -0.25) is 0 Å². The highest BCUT2D eigenvalue weighted by Crippen LogP contribution is 2.26. The van der Waals surface area contributed by atoms with Gasteiger partial charge in [-0.15, -0.1) is 11.3 Å². The van der Waals surface area contributed by atoms with Crippen molar-refractivity contribution in [3.05, 3.63) is 23.7 Å². The quantitative estimate of drug-likeness (QED) is 0.812. The number of nitrogens with zero attached hydrogens (tertiary/aromatic N) is 1. The predicted octanol–water partition coefficient (Wildman–Crippen LogP) is 2.07. The van der Waals surface area contributed by atoms with E-state index in [-0.39, 0.29) is 0 Å². The van der Waals surface area contributed by atoms with E-state index in [1.807, 2.05) is 6.20 Å². The average Bonchev–Trinajstić information content (AvgIpc) is 2.87. The van der Waals surface area contributed by atoms with Crippen LogP contribution in [-0.2, 0) is 0 Å². The lowest BCUT2D eigenvalue weighted by atomic mass is 10.2. The van der Waals surface area contributed by atoms with Crippen molar-refractivity contribution >= 4 is 27.2 Å². The largest absolute Gasteiger partial charge is 0.365 e. The monoisotopic (exact) mass is 219 g/mol. The molecule has 0 spiro atoms. The molecule has 1 aliphatic rings. The first kappa shape index (κ1) is 9.12. The molecule has 78 valence electrons. The van der Waals surface area contributed by atoms with Crippen LogP contribution in [0.4, 0.5) is 5.82 Å². The lowest BCUT2D eigenvalue weighted by Crippen LogP contribution is -2.22. The second-order valence-electron chi connectivity index (χ2n) is 3.83. The molecule has 0 radical (unpaired) electrons. The van der Waals surface area contributed by atoms with Crippen molar-refractivity contribution < 1.29 is 0 Å². The van der Waals surface area contributed by atoms with Crippen molar-refractivity contribution in [2.75, 3.05) is 18.4 Å². The van der Waals surface area contributed by atoms with Gasteiger partial charge in [0, 0.05) is 28.9 Å². The van der Waals surface area contributed by atoms with Gasteiger partial charge in [-0.25, -0.2) is 4.98 Å². The molecule has 2 aromatic rings. The number of rotatable bonds is 2. The molecule has 0 aliphatic carbocycles. The van der Waals surface area contributed by atoms with E-state index in [2.05, 4.69) is 33.1 Å². The van der Waals surface area contributed by atoms with Gasteiger partial charge in [-0.2, -0.15) is 0 Å². The van der Waals surface area contributed by atoms with E-state index >= 15 is 0 Å². The molecule has 0 saturated carbocycles. The van der Waals surface area contributed by atoms with Gasteiger partial charge in [0.15, 0.2) is 0 Å². The first-order valence-electron chi connectivity index (χ1n) is 5.23. The number of thiophene rings is 1. The first-order valence-corrected chi connectivity index (χ1v) is 6.11. The van der Waals surface area contributed by atoms with Crippen molar-refractivity contribution in [2.45, 2.75) is 12.5 Å². The molecule has 2 aromatic heterocycles. The van der Waals surface area contributed by atoms with Gasteiger partial charge in [0.1, 0.15) is 5.82 Å². The van der Waals surface area contributed by atoms with Gasteiger partial charge in [-0.1, -0.05) is 0 Å². The van der Waals surface area contributed by atoms with Crippen LogP contribution in [0.5, 0.6) is 0 Å². The minimum atomic E-state index is 0.531. The Bertz CT molecular complexity index is 460. The zero-order valence-corrected chi connectivity index (χ0v) is 9.18. The minimum Gasteiger partial charge on any atom is -0.365 e. The standard InChI is InChI=1S/C11H13N3S/c1-4-12-7-8(1)14-11-9-3-6-15-10(9)2-5-13-11/h2-3,5-6,8,12H,1,4,7H2,(H,13,14)/t8-/m0/s1. The van der Waals surface area contributed by atoms with Crippen molar-refractivity contribution in [3.8, 4) is 0 Å². The topological polar surface area (TPSA) is 37.0 Å². The van der Waals surface area contributed by atoms with Gasteiger partial charge < -0.3 is 10.6 Å². The molecule has 0 aromatic carbocycles. The van der Waals surface area contributed by atoms with Gasteiger partial charge >= 0.3 is 0 Å². The Kier molecular flexibility index (Phi) is 2.31. The number of nitrogens with one attached hydrogen (secondary N) is 2. The zero-order chi connectivity index (χ0) is 10.1. The summed E-state index contributed by atoms with van der Waals surface area (Å²) in [6.45, 7) is 2.15. The first-order chi connectivity index (χ1) is 7.43. The van der Waals surface area contributed by atoms with Crippen LogP contribution in [0, 0.1) is 0 Å². The molecule has 3 heterocycles. The lowest BCUT2D eigenvalue weighted by molar-refractivity contribution is 0.789. The van der Waals surface area contributed by atoms with Crippen LogP contribution >= 0.6 is 11.3 Å². The summed E-state index contributed by atoms with van der Waals surface area (Å²) in [5.41, 5.74) is 0. The molecule has 2 N–H and O–H groups in total. The summed E-state index contributed by atoms with van der Waals surface area (Å²) < 4.78 is 1.30. The Morgan fingerprint density at radius 3 is 3.33 bits per heavy atom. The molecule has 1 aliphatic heterocycles. The molecular formula is C11H13N3S. The van der Waals surface area contributed by atoms with E-state index < -0.39 is 0 Å². The summed E-state index contributed by atoms with van der Waals surface area (Å²) in [5.74, 6) is 1.03. The van der Waals surface area contributed by atoms with Gasteiger partial charge in [0.25, 0.3) is 0 Å². The van der Waals surface area contributed by atoms with E-state index in [0.717, 1.165) is 18.9 Å². The highest BCUT2D eigenvalue weighted by atomic mass is 32.1. The summed E-state index contributed by atoms with van der Waals surface area (Å²) in [4.78, 5) is 4.41. The van der Waals surface area contributed by atoms with Crippen molar-refractivity contribution in [2.24, 2.45) is 0 Å². The second-order valence-corrected chi connectivity index (χ2v) is 4.77. The van der Waals surface area contributed by atoms with Gasteiger partial charge in [0.2, 0.25) is 0 Å². The molecule has 0 bridgehead atoms. The molecule has 3 rings (SSSR count). The fraction of sp³-hybridized carbons (Fsp3) is 0.364. The Hall–Kier alpha value is -1.13. The Labute approximate surface area is 92.5 Å². The van der Waals surface area contributed by atoms with Crippen molar-refractivity contribution in [1.29, 1.82) is 0 Å². The number of pyridine rings is 1. The smallest absolute Gasteiger partial charge is 0.134 e. The Balaban J connectivity index is 1.92. The third-order valence-electron chi connectivity index (χ3n) is 2.78. The van der Waals surface area contributed by atoms with E-state index in [1.165, 1.54) is 16.5 Å². The number of aromatic nitrogens is 1. The number of anilines is 1. The van der Waals surface area contributed by atoms with E-state index in [9.17, 15) is 0 Å². The SMILES string of the molecule is c1cc2sccc2c(N[C@H]2CCNC2)n1. The summed E-state index contributed by atoms with van der Waals surface area (Å²) in [5, 5.41) is 10.2. The average molecular weight is 219 g/mol. The van der Waals surface area contributed by atoms with Crippen LogP contribution < -0.4 is 10.6 Å². The summed E-state index contributed by atoms with van der Waals surface area (Å²) >= 11 is 1.76. The number of hydrogen-bond acceptors (Lipinski definition) is 4. The highest BCUT2D eigenvalue weighted by Gasteiger charge is 2.15.